The monoisotopic (exact) mass is 357 g/mol. The zero-order valence-electron chi connectivity index (χ0n) is 15.2. The van der Waals surface area contributed by atoms with E-state index < -0.39 is 0 Å². The molecular weight excluding hydrogens is 334 g/mol. The van der Waals surface area contributed by atoms with E-state index in [2.05, 4.69) is 20.4 Å². The molecule has 1 aliphatic rings. The first-order valence-corrected chi connectivity index (χ1v) is 8.78. The van der Waals surface area contributed by atoms with Crippen LogP contribution in [-0.2, 0) is 11.3 Å². The highest BCUT2D eigenvalue weighted by Crippen LogP contribution is 2.30. The molecule has 1 aliphatic heterocycles. The lowest BCUT2D eigenvalue weighted by molar-refractivity contribution is -0.129. The van der Waals surface area contributed by atoms with Crippen LogP contribution < -0.4 is 5.32 Å². The van der Waals surface area contributed by atoms with Gasteiger partial charge in [-0.15, -0.1) is 0 Å². The fraction of sp³-hybridized carbons (Fsp3) is 0.500. The van der Waals surface area contributed by atoms with Gasteiger partial charge in [0.15, 0.2) is 0 Å². The number of rotatable bonds is 5. The SMILES string of the molecule is CC(=O)N1CCCC1c1cncc(CNC(=O)c2cc(C(C)C)no2)n1. The van der Waals surface area contributed by atoms with Crippen LogP contribution in [-0.4, -0.2) is 38.4 Å². The molecule has 1 unspecified atom stereocenters. The first-order valence-electron chi connectivity index (χ1n) is 8.78. The van der Waals surface area contributed by atoms with Crippen molar-refractivity contribution in [1.82, 2.24) is 25.3 Å². The van der Waals surface area contributed by atoms with E-state index in [1.54, 1.807) is 25.4 Å². The Bertz CT molecular complexity index is 802. The number of amides is 2. The van der Waals surface area contributed by atoms with Gasteiger partial charge in [-0.2, -0.15) is 0 Å². The topological polar surface area (TPSA) is 101 Å². The van der Waals surface area contributed by atoms with Crippen LogP contribution in [0.1, 0.15) is 73.2 Å². The average Bonchev–Trinajstić information content (AvgIpc) is 3.29. The maximum atomic E-state index is 12.2. The van der Waals surface area contributed by atoms with Gasteiger partial charge in [0.1, 0.15) is 0 Å². The summed E-state index contributed by atoms with van der Waals surface area (Å²) in [6, 6.07) is 1.60. The lowest BCUT2D eigenvalue weighted by Gasteiger charge is -2.22. The van der Waals surface area contributed by atoms with E-state index in [-0.39, 0.29) is 36.1 Å². The fourth-order valence-electron chi connectivity index (χ4n) is 3.05. The second kappa shape index (κ2) is 7.63. The summed E-state index contributed by atoms with van der Waals surface area (Å²) in [5, 5.41) is 6.65. The molecule has 0 spiro atoms. The molecule has 2 aromatic heterocycles. The van der Waals surface area contributed by atoms with Gasteiger partial charge in [-0.3, -0.25) is 19.6 Å². The van der Waals surface area contributed by atoms with Gasteiger partial charge in [0.05, 0.1) is 42.1 Å². The van der Waals surface area contributed by atoms with Crippen molar-refractivity contribution in [1.29, 1.82) is 0 Å². The molecule has 1 N–H and O–H groups in total. The number of likely N-dealkylation sites (tertiary alicyclic amines) is 1. The predicted molar refractivity (Wildman–Crippen MR) is 93.2 cm³/mol. The summed E-state index contributed by atoms with van der Waals surface area (Å²) in [6.45, 7) is 6.50. The highest BCUT2D eigenvalue weighted by Gasteiger charge is 2.29. The summed E-state index contributed by atoms with van der Waals surface area (Å²) >= 11 is 0. The third kappa shape index (κ3) is 3.89. The molecule has 26 heavy (non-hydrogen) atoms. The summed E-state index contributed by atoms with van der Waals surface area (Å²) in [7, 11) is 0. The molecule has 8 heteroatoms. The van der Waals surface area contributed by atoms with Gasteiger partial charge in [0.25, 0.3) is 5.91 Å². The largest absolute Gasteiger partial charge is 0.351 e. The standard InChI is InChI=1S/C18H23N5O3/c1-11(2)14-7-17(26-22-14)18(25)20-9-13-8-19-10-15(21-13)16-5-4-6-23(16)12(3)24/h7-8,10-11,16H,4-6,9H2,1-3H3,(H,20,25). The molecule has 2 aromatic rings. The highest BCUT2D eigenvalue weighted by atomic mass is 16.5. The smallest absolute Gasteiger partial charge is 0.290 e. The Balaban J connectivity index is 1.65. The Morgan fingerprint density at radius 1 is 1.38 bits per heavy atom. The average molecular weight is 357 g/mol. The van der Waals surface area contributed by atoms with Crippen molar-refractivity contribution >= 4 is 11.8 Å². The maximum Gasteiger partial charge on any atom is 0.290 e. The number of nitrogens with one attached hydrogen (secondary N) is 1. The van der Waals surface area contributed by atoms with E-state index >= 15 is 0 Å². The molecule has 1 saturated heterocycles. The lowest BCUT2D eigenvalue weighted by Crippen LogP contribution is -2.29. The van der Waals surface area contributed by atoms with E-state index in [4.69, 9.17) is 4.52 Å². The summed E-state index contributed by atoms with van der Waals surface area (Å²) in [4.78, 5) is 34.5. The summed E-state index contributed by atoms with van der Waals surface area (Å²) in [6.07, 6.45) is 5.12. The molecular formula is C18H23N5O3. The van der Waals surface area contributed by atoms with Gasteiger partial charge >= 0.3 is 0 Å². The van der Waals surface area contributed by atoms with E-state index in [0.717, 1.165) is 30.8 Å². The van der Waals surface area contributed by atoms with Gasteiger partial charge in [-0.05, 0) is 18.8 Å². The third-order valence-corrected chi connectivity index (χ3v) is 4.48. The van der Waals surface area contributed by atoms with E-state index in [1.807, 2.05) is 18.7 Å². The number of aromatic nitrogens is 3. The van der Waals surface area contributed by atoms with Crippen LogP contribution in [0.2, 0.25) is 0 Å². The first-order chi connectivity index (χ1) is 12.5. The molecule has 3 rings (SSSR count). The van der Waals surface area contributed by atoms with Gasteiger partial charge in [0.2, 0.25) is 11.7 Å². The van der Waals surface area contributed by atoms with Crippen molar-refractivity contribution < 1.29 is 14.1 Å². The van der Waals surface area contributed by atoms with Gasteiger partial charge < -0.3 is 14.7 Å². The van der Waals surface area contributed by atoms with Crippen molar-refractivity contribution in [3.63, 3.8) is 0 Å². The normalized spacial score (nSPS) is 16.9. The number of carbonyl (C=O) groups is 2. The van der Waals surface area contributed by atoms with Crippen LogP contribution >= 0.6 is 0 Å². The molecule has 1 atom stereocenters. The molecule has 138 valence electrons. The van der Waals surface area contributed by atoms with Crippen molar-refractivity contribution in [3.8, 4) is 0 Å². The number of carbonyl (C=O) groups excluding carboxylic acids is 2. The molecule has 1 fully saturated rings. The molecule has 0 radical (unpaired) electrons. The Morgan fingerprint density at radius 2 is 2.19 bits per heavy atom. The second-order valence-electron chi connectivity index (χ2n) is 6.76. The van der Waals surface area contributed by atoms with E-state index in [9.17, 15) is 9.59 Å². The van der Waals surface area contributed by atoms with Crippen LogP contribution in [0.15, 0.2) is 23.0 Å². The fourth-order valence-corrected chi connectivity index (χ4v) is 3.05. The zero-order chi connectivity index (χ0) is 18.7. The van der Waals surface area contributed by atoms with Crippen LogP contribution in [0.3, 0.4) is 0 Å². The molecule has 0 aromatic carbocycles. The minimum absolute atomic E-state index is 0.0410. The molecule has 2 amide bonds. The van der Waals surface area contributed by atoms with Gasteiger partial charge in [0, 0.05) is 19.5 Å². The Labute approximate surface area is 152 Å². The van der Waals surface area contributed by atoms with Crippen LogP contribution in [0, 0.1) is 0 Å². The predicted octanol–water partition coefficient (Wildman–Crippen LogP) is 2.20. The minimum atomic E-state index is -0.345. The molecule has 0 bridgehead atoms. The molecule has 0 saturated carbocycles. The van der Waals surface area contributed by atoms with Crippen LogP contribution in [0.4, 0.5) is 0 Å². The Hall–Kier alpha value is -2.77. The molecule has 8 nitrogen and oxygen atoms in total. The maximum absolute atomic E-state index is 12.2. The lowest BCUT2D eigenvalue weighted by atomic mass is 10.1. The second-order valence-corrected chi connectivity index (χ2v) is 6.76. The van der Waals surface area contributed by atoms with Gasteiger partial charge in [-0.1, -0.05) is 19.0 Å². The summed E-state index contributed by atoms with van der Waals surface area (Å²) in [5.74, 6) is 0.0666. The van der Waals surface area contributed by atoms with E-state index in [1.165, 1.54) is 0 Å². The molecule has 3 heterocycles. The van der Waals surface area contributed by atoms with Crippen LogP contribution in [0.25, 0.3) is 0 Å². The van der Waals surface area contributed by atoms with Crippen molar-refractivity contribution in [2.75, 3.05) is 6.54 Å². The summed E-state index contributed by atoms with van der Waals surface area (Å²) in [5.41, 5.74) is 2.13. The van der Waals surface area contributed by atoms with Crippen molar-refractivity contribution in [2.24, 2.45) is 0 Å². The van der Waals surface area contributed by atoms with Crippen LogP contribution in [0.5, 0.6) is 0 Å². The molecule has 0 aliphatic carbocycles. The Morgan fingerprint density at radius 3 is 2.88 bits per heavy atom. The highest BCUT2D eigenvalue weighted by molar-refractivity contribution is 5.91. The van der Waals surface area contributed by atoms with Gasteiger partial charge in [-0.25, -0.2) is 0 Å². The zero-order valence-corrected chi connectivity index (χ0v) is 15.2. The number of hydrogen-bond donors (Lipinski definition) is 1. The summed E-state index contributed by atoms with van der Waals surface area (Å²) < 4.78 is 5.08. The number of nitrogens with zero attached hydrogens (tertiary/aromatic N) is 4. The minimum Gasteiger partial charge on any atom is -0.351 e. The number of hydrogen-bond acceptors (Lipinski definition) is 6. The first kappa shape index (κ1) is 18.0. The van der Waals surface area contributed by atoms with Crippen molar-refractivity contribution in [3.05, 3.63) is 41.3 Å². The quantitative estimate of drug-likeness (QED) is 0.880. The third-order valence-electron chi connectivity index (χ3n) is 4.48. The van der Waals surface area contributed by atoms with Crippen molar-refractivity contribution in [2.45, 2.75) is 52.1 Å². The van der Waals surface area contributed by atoms with E-state index in [0.29, 0.717) is 5.69 Å². The Kier molecular flexibility index (Phi) is 5.29.